The van der Waals surface area contributed by atoms with Crippen molar-refractivity contribution in [1.29, 1.82) is 0 Å². The quantitative estimate of drug-likeness (QED) is 0.633. The Morgan fingerprint density at radius 2 is 1.82 bits per heavy atom. The third-order valence-electron chi connectivity index (χ3n) is 5.46. The molecular weight excluding hydrogens is 455 g/mol. The van der Waals surface area contributed by atoms with Crippen LogP contribution in [0.15, 0.2) is 63.9 Å². The highest BCUT2D eigenvalue weighted by atomic mass is 32.2. The summed E-state index contributed by atoms with van der Waals surface area (Å²) in [4.78, 5) is 14.1. The van der Waals surface area contributed by atoms with Crippen molar-refractivity contribution in [2.45, 2.75) is 49.1 Å². The number of alkyl halides is 3. The van der Waals surface area contributed by atoms with Crippen LogP contribution in [0.2, 0.25) is 0 Å². The van der Waals surface area contributed by atoms with E-state index in [0.717, 1.165) is 19.3 Å². The highest BCUT2D eigenvalue weighted by molar-refractivity contribution is 7.90. The number of carbonyl (C=O) groups excluding carboxylic acids is 1. The Morgan fingerprint density at radius 3 is 2.52 bits per heavy atom. The lowest BCUT2D eigenvalue weighted by Crippen LogP contribution is -2.27. The first-order chi connectivity index (χ1) is 15.6. The largest absolute Gasteiger partial charge is 0.396 e. The minimum absolute atomic E-state index is 0.0141. The summed E-state index contributed by atoms with van der Waals surface area (Å²) in [6, 6.07) is 12.6. The van der Waals surface area contributed by atoms with Crippen LogP contribution in [0.3, 0.4) is 0 Å². The van der Waals surface area contributed by atoms with Gasteiger partial charge in [-0.15, -0.1) is 4.40 Å². The minimum Gasteiger partial charge on any atom is -0.362 e. The van der Waals surface area contributed by atoms with E-state index in [0.29, 0.717) is 18.8 Å². The Kier molecular flexibility index (Phi) is 7.78. The SMILES string of the molecule is CN1CCCCCC1=NS(=O)(=O)c1cccc(NC(=O)CC(c2ccccc2)C(F)(F)F)c1. The van der Waals surface area contributed by atoms with Crippen molar-refractivity contribution < 1.29 is 26.4 Å². The lowest BCUT2D eigenvalue weighted by Gasteiger charge is -2.20. The molecule has 0 aliphatic carbocycles. The number of rotatable bonds is 6. The molecule has 1 N–H and O–H groups in total. The zero-order valence-electron chi connectivity index (χ0n) is 18.2. The summed E-state index contributed by atoms with van der Waals surface area (Å²) in [7, 11) is -2.25. The number of hydrogen-bond acceptors (Lipinski definition) is 3. The van der Waals surface area contributed by atoms with E-state index in [2.05, 4.69) is 9.71 Å². The van der Waals surface area contributed by atoms with Crippen LogP contribution in [0.4, 0.5) is 18.9 Å². The first-order valence-corrected chi connectivity index (χ1v) is 12.1. The molecule has 1 saturated heterocycles. The molecule has 0 bridgehead atoms. The van der Waals surface area contributed by atoms with Gasteiger partial charge in [0.2, 0.25) is 5.91 Å². The van der Waals surface area contributed by atoms with Gasteiger partial charge >= 0.3 is 6.18 Å². The summed E-state index contributed by atoms with van der Waals surface area (Å²) in [6.45, 7) is 0.715. The number of hydrogen-bond donors (Lipinski definition) is 1. The van der Waals surface area contributed by atoms with Crippen molar-refractivity contribution >= 4 is 27.5 Å². The molecule has 0 spiro atoms. The molecule has 10 heteroatoms. The molecule has 0 saturated carbocycles. The number of anilines is 1. The van der Waals surface area contributed by atoms with Gasteiger partial charge in [-0.3, -0.25) is 4.79 Å². The number of nitrogens with one attached hydrogen (secondary N) is 1. The van der Waals surface area contributed by atoms with Crippen LogP contribution in [-0.2, 0) is 14.8 Å². The van der Waals surface area contributed by atoms with Crippen LogP contribution in [0.1, 0.15) is 43.6 Å². The van der Waals surface area contributed by atoms with E-state index in [9.17, 15) is 26.4 Å². The maximum absolute atomic E-state index is 13.5. The summed E-state index contributed by atoms with van der Waals surface area (Å²) >= 11 is 0. The van der Waals surface area contributed by atoms with E-state index >= 15 is 0 Å². The van der Waals surface area contributed by atoms with Gasteiger partial charge in [0.05, 0.1) is 10.8 Å². The highest BCUT2D eigenvalue weighted by Crippen LogP contribution is 2.37. The van der Waals surface area contributed by atoms with Gasteiger partial charge in [0.1, 0.15) is 5.84 Å². The first kappa shape index (κ1) is 24.8. The molecule has 1 amide bonds. The Labute approximate surface area is 191 Å². The van der Waals surface area contributed by atoms with Crippen LogP contribution in [-0.4, -0.2) is 44.8 Å². The van der Waals surface area contributed by atoms with Crippen LogP contribution < -0.4 is 5.32 Å². The topological polar surface area (TPSA) is 78.8 Å². The van der Waals surface area contributed by atoms with Gasteiger partial charge in [-0.25, -0.2) is 0 Å². The second-order valence-corrected chi connectivity index (χ2v) is 9.60. The maximum atomic E-state index is 13.5. The lowest BCUT2D eigenvalue weighted by atomic mass is 9.95. The molecule has 0 aromatic heterocycles. The summed E-state index contributed by atoms with van der Waals surface area (Å²) in [5.41, 5.74) is 0.0734. The summed E-state index contributed by atoms with van der Waals surface area (Å²) in [5, 5.41) is 2.39. The third-order valence-corrected chi connectivity index (χ3v) is 6.76. The molecule has 1 unspecified atom stereocenters. The van der Waals surface area contributed by atoms with Crippen LogP contribution in [0, 0.1) is 0 Å². The molecule has 1 atom stereocenters. The number of amides is 1. The molecule has 1 fully saturated rings. The Balaban J connectivity index is 1.77. The smallest absolute Gasteiger partial charge is 0.362 e. The predicted octanol–water partition coefficient (Wildman–Crippen LogP) is 4.95. The van der Waals surface area contributed by atoms with Gasteiger partial charge in [-0.05, 0) is 36.6 Å². The van der Waals surface area contributed by atoms with Gasteiger partial charge in [0, 0.05) is 32.1 Å². The lowest BCUT2D eigenvalue weighted by molar-refractivity contribution is -0.155. The van der Waals surface area contributed by atoms with Crippen molar-refractivity contribution in [3.05, 3.63) is 60.2 Å². The van der Waals surface area contributed by atoms with Crippen LogP contribution in [0.5, 0.6) is 0 Å². The van der Waals surface area contributed by atoms with Gasteiger partial charge in [0.25, 0.3) is 10.0 Å². The first-order valence-electron chi connectivity index (χ1n) is 10.6. The van der Waals surface area contributed by atoms with Crippen molar-refractivity contribution in [3.63, 3.8) is 0 Å². The average Bonchev–Trinajstić information content (AvgIpc) is 2.96. The Morgan fingerprint density at radius 1 is 1.09 bits per heavy atom. The molecule has 2 aromatic rings. The molecule has 178 valence electrons. The number of carbonyl (C=O) groups is 1. The van der Waals surface area contributed by atoms with E-state index < -0.39 is 34.4 Å². The van der Waals surface area contributed by atoms with E-state index in [4.69, 9.17) is 0 Å². The molecule has 6 nitrogen and oxygen atoms in total. The van der Waals surface area contributed by atoms with Crippen molar-refractivity contribution in [1.82, 2.24) is 4.90 Å². The fourth-order valence-corrected chi connectivity index (χ4v) is 4.82. The zero-order chi connectivity index (χ0) is 24.1. The summed E-state index contributed by atoms with van der Waals surface area (Å²) in [5.74, 6) is -2.37. The van der Waals surface area contributed by atoms with E-state index in [-0.39, 0.29) is 16.1 Å². The second-order valence-electron chi connectivity index (χ2n) is 8.00. The maximum Gasteiger partial charge on any atom is 0.396 e. The van der Waals surface area contributed by atoms with E-state index in [1.54, 1.807) is 13.1 Å². The number of benzene rings is 2. The van der Waals surface area contributed by atoms with Crippen LogP contribution >= 0.6 is 0 Å². The summed E-state index contributed by atoms with van der Waals surface area (Å²) < 4.78 is 70.2. The van der Waals surface area contributed by atoms with Gasteiger partial charge in [-0.1, -0.05) is 42.8 Å². The van der Waals surface area contributed by atoms with Gasteiger partial charge < -0.3 is 10.2 Å². The van der Waals surface area contributed by atoms with E-state index in [1.807, 2.05) is 4.90 Å². The molecule has 3 rings (SSSR count). The number of sulfonamides is 1. The number of nitrogens with zero attached hydrogens (tertiary/aromatic N) is 2. The van der Waals surface area contributed by atoms with Crippen molar-refractivity contribution in [3.8, 4) is 0 Å². The minimum atomic E-state index is -4.61. The number of halogens is 3. The highest BCUT2D eigenvalue weighted by Gasteiger charge is 2.41. The number of likely N-dealkylation sites (tertiary alicyclic amines) is 1. The molecule has 0 radical (unpaired) electrons. The average molecular weight is 482 g/mol. The monoisotopic (exact) mass is 481 g/mol. The predicted molar refractivity (Wildman–Crippen MR) is 121 cm³/mol. The second kappa shape index (κ2) is 10.4. The van der Waals surface area contributed by atoms with Crippen molar-refractivity contribution in [2.75, 3.05) is 18.9 Å². The molecule has 1 aliphatic heterocycles. The molecular formula is C23H26F3N3O3S. The molecule has 1 heterocycles. The zero-order valence-corrected chi connectivity index (χ0v) is 19.0. The fraction of sp³-hybridized carbons (Fsp3) is 0.391. The van der Waals surface area contributed by atoms with Gasteiger partial charge in [-0.2, -0.15) is 21.6 Å². The molecule has 33 heavy (non-hydrogen) atoms. The van der Waals surface area contributed by atoms with Gasteiger partial charge in [0.15, 0.2) is 0 Å². The normalized spacial score (nSPS) is 17.5. The Bertz CT molecular complexity index is 1100. The summed E-state index contributed by atoms with van der Waals surface area (Å²) in [6.07, 6.45) is -2.09. The Hall–Kier alpha value is -2.88. The van der Waals surface area contributed by atoms with Crippen LogP contribution in [0.25, 0.3) is 0 Å². The molecule has 2 aromatic carbocycles. The van der Waals surface area contributed by atoms with E-state index in [1.165, 1.54) is 48.5 Å². The van der Waals surface area contributed by atoms with Crippen molar-refractivity contribution in [2.24, 2.45) is 4.40 Å². The number of amidine groups is 1. The third kappa shape index (κ3) is 6.80. The molecule has 1 aliphatic rings. The standard InChI is InChI=1S/C23H26F3N3O3S/c1-29-14-7-3-6-13-21(29)28-33(31,32)19-12-8-11-18(15-19)27-22(30)16-20(23(24,25)26)17-9-4-2-5-10-17/h2,4-5,8-12,15,20H,3,6-7,13-14,16H2,1H3,(H,27,30). The fourth-order valence-electron chi connectivity index (χ4n) is 3.68.